The van der Waals surface area contributed by atoms with Crippen LogP contribution in [0.2, 0.25) is 0 Å². The zero-order chi connectivity index (χ0) is 14.4. The van der Waals surface area contributed by atoms with Crippen LogP contribution in [0.25, 0.3) is 0 Å². The Kier molecular flexibility index (Phi) is 5.86. The number of nitrogens with one attached hydrogen (secondary N) is 1. The van der Waals surface area contributed by atoms with Gasteiger partial charge in [-0.15, -0.1) is 0 Å². The summed E-state index contributed by atoms with van der Waals surface area (Å²) in [6, 6.07) is 8.72. The molecule has 3 heteroatoms. The zero-order valence-corrected chi connectivity index (χ0v) is 12.9. The minimum Gasteiger partial charge on any atom is -0.491 e. The molecule has 1 aromatic carbocycles. The molecule has 0 aliphatic carbocycles. The molecule has 1 saturated heterocycles. The molecule has 0 amide bonds. The van der Waals surface area contributed by atoms with Gasteiger partial charge < -0.3 is 14.8 Å². The van der Waals surface area contributed by atoms with Crippen molar-refractivity contribution in [1.29, 1.82) is 0 Å². The van der Waals surface area contributed by atoms with E-state index < -0.39 is 0 Å². The van der Waals surface area contributed by atoms with Crippen LogP contribution in [-0.2, 0) is 4.74 Å². The molecule has 0 radical (unpaired) electrons. The molecule has 1 N–H and O–H groups in total. The summed E-state index contributed by atoms with van der Waals surface area (Å²) in [6.07, 6.45) is 5.30. The van der Waals surface area contributed by atoms with Gasteiger partial charge in [0.2, 0.25) is 0 Å². The number of hydrogen-bond acceptors (Lipinski definition) is 3. The van der Waals surface area contributed by atoms with Crippen LogP contribution in [0.3, 0.4) is 0 Å². The van der Waals surface area contributed by atoms with E-state index in [2.05, 4.69) is 37.4 Å². The van der Waals surface area contributed by atoms with E-state index in [0.717, 1.165) is 18.8 Å². The molecule has 2 atom stereocenters. The van der Waals surface area contributed by atoms with Gasteiger partial charge in [-0.05, 0) is 64.3 Å². The third kappa shape index (κ3) is 4.50. The summed E-state index contributed by atoms with van der Waals surface area (Å²) in [5, 5.41) is 3.41. The summed E-state index contributed by atoms with van der Waals surface area (Å²) in [5.41, 5.74) is 1.28. The molecule has 1 heterocycles. The lowest BCUT2D eigenvalue weighted by atomic mass is 9.96. The van der Waals surface area contributed by atoms with Crippen molar-refractivity contribution < 1.29 is 9.47 Å². The van der Waals surface area contributed by atoms with Crippen LogP contribution in [-0.4, -0.2) is 25.9 Å². The van der Waals surface area contributed by atoms with Crippen LogP contribution < -0.4 is 10.1 Å². The molecule has 1 aliphatic heterocycles. The Bertz CT molecular complexity index is 400. The molecule has 20 heavy (non-hydrogen) atoms. The molecule has 1 fully saturated rings. The van der Waals surface area contributed by atoms with Crippen molar-refractivity contribution in [2.24, 2.45) is 0 Å². The van der Waals surface area contributed by atoms with Crippen molar-refractivity contribution in [3.8, 4) is 5.75 Å². The lowest BCUT2D eigenvalue weighted by molar-refractivity contribution is 0.00546. The van der Waals surface area contributed by atoms with Crippen LogP contribution in [0.15, 0.2) is 24.3 Å². The van der Waals surface area contributed by atoms with Gasteiger partial charge in [0.05, 0.1) is 12.2 Å². The van der Waals surface area contributed by atoms with Crippen LogP contribution in [0.5, 0.6) is 5.75 Å². The van der Waals surface area contributed by atoms with Gasteiger partial charge in [0.25, 0.3) is 0 Å². The Morgan fingerprint density at radius 2 is 2.20 bits per heavy atom. The van der Waals surface area contributed by atoms with Crippen molar-refractivity contribution in [2.75, 3.05) is 13.7 Å². The van der Waals surface area contributed by atoms with Gasteiger partial charge in [-0.1, -0.05) is 12.1 Å². The first-order valence-electron chi connectivity index (χ1n) is 7.74. The fraction of sp³-hybridized carbons (Fsp3) is 0.647. The molecular formula is C17H27NO2. The monoisotopic (exact) mass is 277 g/mol. The number of rotatable bonds is 6. The summed E-state index contributed by atoms with van der Waals surface area (Å²) in [5.74, 6) is 0.947. The van der Waals surface area contributed by atoms with Crippen molar-refractivity contribution >= 4 is 0 Å². The van der Waals surface area contributed by atoms with Crippen LogP contribution in [0, 0.1) is 0 Å². The molecule has 0 bridgehead atoms. The van der Waals surface area contributed by atoms with Crippen LogP contribution >= 0.6 is 0 Å². The highest BCUT2D eigenvalue weighted by Crippen LogP contribution is 2.27. The van der Waals surface area contributed by atoms with Crippen LogP contribution in [0.1, 0.15) is 51.1 Å². The largest absolute Gasteiger partial charge is 0.491 e. The predicted octanol–water partition coefficient (Wildman–Crippen LogP) is 3.69. The topological polar surface area (TPSA) is 30.5 Å². The molecule has 2 unspecified atom stereocenters. The van der Waals surface area contributed by atoms with Crippen molar-refractivity contribution in [3.63, 3.8) is 0 Å². The Labute approximate surface area is 122 Å². The van der Waals surface area contributed by atoms with Gasteiger partial charge in [-0.2, -0.15) is 0 Å². The van der Waals surface area contributed by atoms with Gasteiger partial charge in [-0.25, -0.2) is 0 Å². The number of benzene rings is 1. The summed E-state index contributed by atoms with van der Waals surface area (Å²) >= 11 is 0. The predicted molar refractivity (Wildman–Crippen MR) is 82.2 cm³/mol. The van der Waals surface area contributed by atoms with Crippen molar-refractivity contribution in [1.82, 2.24) is 5.32 Å². The van der Waals surface area contributed by atoms with Gasteiger partial charge in [-0.3, -0.25) is 0 Å². The maximum Gasteiger partial charge on any atom is 0.120 e. The fourth-order valence-electron chi connectivity index (χ4n) is 2.75. The van der Waals surface area contributed by atoms with E-state index in [4.69, 9.17) is 9.47 Å². The first-order chi connectivity index (χ1) is 9.69. The Balaban J connectivity index is 2.02. The number of hydrogen-bond donors (Lipinski definition) is 1. The van der Waals surface area contributed by atoms with Gasteiger partial charge in [0.1, 0.15) is 5.75 Å². The second-order valence-corrected chi connectivity index (χ2v) is 5.80. The lowest BCUT2D eigenvalue weighted by Crippen LogP contribution is -2.26. The van der Waals surface area contributed by atoms with E-state index in [1.165, 1.54) is 24.8 Å². The Morgan fingerprint density at radius 3 is 2.85 bits per heavy atom. The van der Waals surface area contributed by atoms with Crippen molar-refractivity contribution in [3.05, 3.63) is 29.8 Å². The van der Waals surface area contributed by atoms with E-state index in [1.54, 1.807) is 0 Å². The SMILES string of the molecule is CNC(CC1CCCCO1)c1cccc(OC(C)C)c1. The maximum atomic E-state index is 5.86. The molecule has 3 nitrogen and oxygen atoms in total. The summed E-state index contributed by atoms with van der Waals surface area (Å²) in [4.78, 5) is 0. The molecule has 2 rings (SSSR count). The molecule has 0 saturated carbocycles. The number of ether oxygens (including phenoxy) is 2. The molecule has 0 spiro atoms. The lowest BCUT2D eigenvalue weighted by Gasteiger charge is -2.27. The van der Waals surface area contributed by atoms with Crippen LogP contribution in [0.4, 0.5) is 0 Å². The van der Waals surface area contributed by atoms with Gasteiger partial charge in [0, 0.05) is 12.6 Å². The smallest absolute Gasteiger partial charge is 0.120 e. The summed E-state index contributed by atoms with van der Waals surface area (Å²) in [6.45, 7) is 5.02. The Hall–Kier alpha value is -1.06. The highest BCUT2D eigenvalue weighted by Gasteiger charge is 2.20. The zero-order valence-electron chi connectivity index (χ0n) is 12.9. The summed E-state index contributed by atoms with van der Waals surface area (Å²) < 4.78 is 11.6. The van der Waals surface area contributed by atoms with Gasteiger partial charge >= 0.3 is 0 Å². The molecule has 1 aromatic rings. The van der Waals surface area contributed by atoms with E-state index in [9.17, 15) is 0 Å². The maximum absolute atomic E-state index is 5.86. The highest BCUT2D eigenvalue weighted by molar-refractivity contribution is 5.30. The molecule has 1 aliphatic rings. The third-order valence-electron chi connectivity index (χ3n) is 3.75. The molecular weight excluding hydrogens is 250 g/mol. The molecule has 0 aromatic heterocycles. The van der Waals surface area contributed by atoms with Gasteiger partial charge in [0.15, 0.2) is 0 Å². The average molecular weight is 277 g/mol. The second kappa shape index (κ2) is 7.65. The third-order valence-corrected chi connectivity index (χ3v) is 3.75. The van der Waals surface area contributed by atoms with E-state index in [-0.39, 0.29) is 6.10 Å². The minimum atomic E-state index is 0.208. The Morgan fingerprint density at radius 1 is 1.35 bits per heavy atom. The average Bonchev–Trinajstić information content (AvgIpc) is 2.45. The van der Waals surface area contributed by atoms with E-state index >= 15 is 0 Å². The molecule has 112 valence electrons. The quantitative estimate of drug-likeness (QED) is 0.860. The standard InChI is InChI=1S/C17H27NO2/c1-13(2)20-16-9-6-7-14(11-16)17(18-3)12-15-8-4-5-10-19-15/h6-7,9,11,13,15,17-18H,4-5,8,10,12H2,1-3H3. The normalized spacial score (nSPS) is 20.9. The van der Waals surface area contributed by atoms with Crippen molar-refractivity contribution in [2.45, 2.75) is 57.8 Å². The summed E-state index contributed by atoms with van der Waals surface area (Å²) in [7, 11) is 2.02. The highest BCUT2D eigenvalue weighted by atomic mass is 16.5. The fourth-order valence-corrected chi connectivity index (χ4v) is 2.75. The second-order valence-electron chi connectivity index (χ2n) is 5.80. The van der Waals surface area contributed by atoms with E-state index in [1.807, 2.05) is 13.1 Å². The first kappa shape index (κ1) is 15.3. The first-order valence-corrected chi connectivity index (χ1v) is 7.74. The van der Waals surface area contributed by atoms with E-state index in [0.29, 0.717) is 12.1 Å². The minimum absolute atomic E-state index is 0.208.